The molecule has 3 nitrogen and oxygen atoms in total. The number of aliphatic hydroxyl groups is 1. The zero-order valence-corrected chi connectivity index (χ0v) is 10.7. The van der Waals surface area contributed by atoms with E-state index < -0.39 is 12.1 Å². The van der Waals surface area contributed by atoms with Gasteiger partial charge in [0, 0.05) is 5.57 Å². The maximum Gasteiger partial charge on any atom is 0.333 e. The first kappa shape index (κ1) is 15.2. The highest BCUT2D eigenvalue weighted by Gasteiger charge is 2.11. The summed E-state index contributed by atoms with van der Waals surface area (Å²) >= 11 is 0. The average molecular weight is 228 g/mol. The fraction of sp³-hybridized carbons (Fsp3) is 0.769. The molecule has 0 bridgehead atoms. The van der Waals surface area contributed by atoms with E-state index in [0.29, 0.717) is 17.9 Å². The van der Waals surface area contributed by atoms with Gasteiger partial charge in [-0.1, -0.05) is 33.3 Å². The first-order valence-corrected chi connectivity index (χ1v) is 6.01. The Labute approximate surface area is 98.5 Å². The normalized spacial score (nSPS) is 12.6. The van der Waals surface area contributed by atoms with Gasteiger partial charge in [-0.3, -0.25) is 0 Å². The van der Waals surface area contributed by atoms with Crippen LogP contribution < -0.4 is 0 Å². The fourth-order valence-electron chi connectivity index (χ4n) is 1.50. The van der Waals surface area contributed by atoms with Gasteiger partial charge in [-0.25, -0.2) is 4.79 Å². The molecule has 1 atom stereocenters. The lowest BCUT2D eigenvalue weighted by molar-refractivity contribution is -0.142. The van der Waals surface area contributed by atoms with Crippen LogP contribution >= 0.6 is 0 Å². The minimum absolute atomic E-state index is 0.0752. The van der Waals surface area contributed by atoms with Crippen LogP contribution in [-0.2, 0) is 9.53 Å². The largest absolute Gasteiger partial charge is 0.460 e. The smallest absolute Gasteiger partial charge is 0.333 e. The number of aliphatic hydroxyl groups excluding tert-OH is 1. The molecule has 0 rings (SSSR count). The molecular weight excluding hydrogens is 204 g/mol. The summed E-state index contributed by atoms with van der Waals surface area (Å²) in [6.45, 7) is 9.46. The minimum Gasteiger partial charge on any atom is -0.460 e. The van der Waals surface area contributed by atoms with Gasteiger partial charge in [-0.2, -0.15) is 0 Å². The predicted octanol–water partition coefficient (Wildman–Crippen LogP) is 2.68. The lowest BCUT2D eigenvalue weighted by Gasteiger charge is -2.15. The predicted molar refractivity (Wildman–Crippen MR) is 65.1 cm³/mol. The van der Waals surface area contributed by atoms with Crippen molar-refractivity contribution >= 4 is 5.97 Å². The second kappa shape index (κ2) is 8.34. The molecule has 0 saturated carbocycles. The van der Waals surface area contributed by atoms with E-state index in [-0.39, 0.29) is 6.61 Å². The van der Waals surface area contributed by atoms with Crippen LogP contribution in [-0.4, -0.2) is 23.8 Å². The number of ether oxygens (including phenoxy) is 1. The van der Waals surface area contributed by atoms with Crippen molar-refractivity contribution in [3.05, 3.63) is 12.2 Å². The first-order chi connectivity index (χ1) is 7.51. The van der Waals surface area contributed by atoms with E-state index in [9.17, 15) is 9.90 Å². The van der Waals surface area contributed by atoms with Crippen molar-refractivity contribution in [3.8, 4) is 0 Å². The van der Waals surface area contributed by atoms with E-state index in [2.05, 4.69) is 20.4 Å². The Kier molecular flexibility index (Phi) is 7.90. The molecule has 0 spiro atoms. The van der Waals surface area contributed by atoms with E-state index in [1.54, 1.807) is 6.92 Å². The summed E-state index contributed by atoms with van der Waals surface area (Å²) in [4.78, 5) is 11.1. The maximum absolute atomic E-state index is 11.1. The molecule has 0 heterocycles. The van der Waals surface area contributed by atoms with Crippen molar-refractivity contribution < 1.29 is 14.6 Å². The molecule has 1 unspecified atom stereocenters. The number of rotatable bonds is 8. The molecule has 0 aliphatic carbocycles. The molecule has 0 aliphatic rings. The molecule has 16 heavy (non-hydrogen) atoms. The van der Waals surface area contributed by atoms with Crippen LogP contribution in [0.15, 0.2) is 12.2 Å². The number of carbonyl (C=O) groups is 1. The Hall–Kier alpha value is -0.830. The summed E-state index contributed by atoms with van der Waals surface area (Å²) < 4.78 is 4.88. The zero-order valence-electron chi connectivity index (χ0n) is 10.7. The van der Waals surface area contributed by atoms with E-state index >= 15 is 0 Å². The monoisotopic (exact) mass is 228 g/mol. The van der Waals surface area contributed by atoms with Crippen LogP contribution in [0.3, 0.4) is 0 Å². The summed E-state index contributed by atoms with van der Waals surface area (Å²) in [6.07, 6.45) is 3.39. The molecule has 0 aromatic carbocycles. The van der Waals surface area contributed by atoms with E-state index in [0.717, 1.165) is 19.3 Å². The van der Waals surface area contributed by atoms with Crippen LogP contribution in [0.25, 0.3) is 0 Å². The van der Waals surface area contributed by atoms with Gasteiger partial charge in [-0.15, -0.1) is 0 Å². The number of hydrogen-bond acceptors (Lipinski definition) is 3. The third-order valence-electron chi connectivity index (χ3n) is 2.82. The van der Waals surface area contributed by atoms with E-state index in [1.807, 2.05) is 0 Å². The standard InChI is InChI=1S/C13H24O3/c1-5-11(6-2)7-8-12(14)9-16-13(15)10(3)4/h11-12,14H,3,5-9H2,1-2,4H3. The SMILES string of the molecule is C=C(C)C(=O)OCC(O)CCC(CC)CC. The van der Waals surface area contributed by atoms with Crippen molar-refractivity contribution in [1.82, 2.24) is 0 Å². The highest BCUT2D eigenvalue weighted by atomic mass is 16.5. The van der Waals surface area contributed by atoms with Crippen molar-refractivity contribution in [2.45, 2.75) is 52.6 Å². The highest BCUT2D eigenvalue weighted by Crippen LogP contribution is 2.16. The molecule has 0 amide bonds. The quantitative estimate of drug-likeness (QED) is 0.513. The average Bonchev–Trinajstić information content (AvgIpc) is 2.27. The molecule has 1 N–H and O–H groups in total. The summed E-state index contributed by atoms with van der Waals surface area (Å²) in [7, 11) is 0. The van der Waals surface area contributed by atoms with Crippen LogP contribution in [0.2, 0.25) is 0 Å². The molecule has 0 radical (unpaired) electrons. The van der Waals surface area contributed by atoms with Crippen LogP contribution in [0.4, 0.5) is 0 Å². The van der Waals surface area contributed by atoms with Gasteiger partial charge in [0.25, 0.3) is 0 Å². The summed E-state index contributed by atoms with van der Waals surface area (Å²) in [5.41, 5.74) is 0.368. The van der Waals surface area contributed by atoms with Crippen LogP contribution in [0.5, 0.6) is 0 Å². The third kappa shape index (κ3) is 6.62. The van der Waals surface area contributed by atoms with Gasteiger partial charge in [0.15, 0.2) is 0 Å². The number of carbonyl (C=O) groups excluding carboxylic acids is 1. The summed E-state index contributed by atoms with van der Waals surface area (Å²) in [5, 5.41) is 9.61. The summed E-state index contributed by atoms with van der Waals surface area (Å²) in [5.74, 6) is 0.230. The van der Waals surface area contributed by atoms with Gasteiger partial charge >= 0.3 is 5.97 Å². The first-order valence-electron chi connectivity index (χ1n) is 6.01. The second-order valence-corrected chi connectivity index (χ2v) is 4.29. The van der Waals surface area contributed by atoms with Crippen molar-refractivity contribution in [2.75, 3.05) is 6.61 Å². The Balaban J connectivity index is 3.70. The molecule has 94 valence electrons. The lowest BCUT2D eigenvalue weighted by atomic mass is 9.96. The van der Waals surface area contributed by atoms with E-state index in [4.69, 9.17) is 4.74 Å². The molecule has 0 fully saturated rings. The molecule has 0 saturated heterocycles. The molecule has 0 aliphatic heterocycles. The maximum atomic E-state index is 11.1. The van der Waals surface area contributed by atoms with Crippen molar-refractivity contribution in [2.24, 2.45) is 5.92 Å². The molecule has 0 aromatic rings. The van der Waals surface area contributed by atoms with Crippen LogP contribution in [0, 0.1) is 5.92 Å². The topological polar surface area (TPSA) is 46.5 Å². The fourth-order valence-corrected chi connectivity index (χ4v) is 1.50. The second-order valence-electron chi connectivity index (χ2n) is 4.29. The van der Waals surface area contributed by atoms with Crippen molar-refractivity contribution in [3.63, 3.8) is 0 Å². The van der Waals surface area contributed by atoms with Gasteiger partial charge in [0.05, 0.1) is 6.10 Å². The van der Waals surface area contributed by atoms with E-state index in [1.165, 1.54) is 0 Å². The van der Waals surface area contributed by atoms with Gasteiger partial charge in [0.1, 0.15) is 6.61 Å². The van der Waals surface area contributed by atoms with Gasteiger partial charge in [0.2, 0.25) is 0 Å². The van der Waals surface area contributed by atoms with Gasteiger partial charge in [-0.05, 0) is 25.7 Å². The Morgan fingerprint density at radius 2 is 1.88 bits per heavy atom. The molecule has 0 aromatic heterocycles. The number of esters is 1. The van der Waals surface area contributed by atoms with Gasteiger partial charge < -0.3 is 9.84 Å². The Morgan fingerprint density at radius 1 is 1.31 bits per heavy atom. The van der Waals surface area contributed by atoms with Crippen molar-refractivity contribution in [1.29, 1.82) is 0 Å². The lowest BCUT2D eigenvalue weighted by Crippen LogP contribution is -2.19. The Morgan fingerprint density at radius 3 is 2.31 bits per heavy atom. The Bertz CT molecular complexity index is 219. The summed E-state index contributed by atoms with van der Waals surface area (Å²) in [6, 6.07) is 0. The number of hydrogen-bond donors (Lipinski definition) is 1. The van der Waals surface area contributed by atoms with Crippen LogP contribution in [0.1, 0.15) is 46.5 Å². The third-order valence-corrected chi connectivity index (χ3v) is 2.82. The molecule has 3 heteroatoms. The highest BCUT2D eigenvalue weighted by molar-refractivity contribution is 5.86. The molecular formula is C13H24O3. The zero-order chi connectivity index (χ0) is 12.6. The minimum atomic E-state index is -0.552.